The van der Waals surface area contributed by atoms with Crippen LogP contribution in [0.25, 0.3) is 0 Å². The summed E-state index contributed by atoms with van der Waals surface area (Å²) in [4.78, 5) is 2.60. The maximum absolute atomic E-state index is 3.55. The molecule has 0 aliphatic carbocycles. The molecule has 1 N–H and O–H groups in total. The predicted molar refractivity (Wildman–Crippen MR) is 88.4 cm³/mol. The monoisotopic (exact) mass is 280 g/mol. The van der Waals surface area contributed by atoms with Gasteiger partial charge in [-0.25, -0.2) is 0 Å². The highest BCUT2D eigenvalue weighted by atomic mass is 15.2. The lowest BCUT2D eigenvalue weighted by Gasteiger charge is -2.37. The zero-order valence-corrected chi connectivity index (χ0v) is 13.0. The van der Waals surface area contributed by atoms with Crippen molar-refractivity contribution in [3.05, 3.63) is 70.8 Å². The van der Waals surface area contributed by atoms with Crippen LogP contribution in [0, 0.1) is 13.8 Å². The maximum Gasteiger partial charge on any atom is 0.0479 e. The van der Waals surface area contributed by atoms with Crippen molar-refractivity contribution < 1.29 is 0 Å². The van der Waals surface area contributed by atoms with E-state index in [-0.39, 0.29) is 0 Å². The van der Waals surface area contributed by atoms with Crippen LogP contribution >= 0.6 is 0 Å². The zero-order valence-electron chi connectivity index (χ0n) is 13.0. The van der Waals surface area contributed by atoms with E-state index in [2.05, 4.69) is 72.6 Å². The highest BCUT2D eigenvalue weighted by Crippen LogP contribution is 2.28. The number of hydrogen-bond donors (Lipinski definition) is 1. The van der Waals surface area contributed by atoms with E-state index in [0.717, 1.165) is 26.2 Å². The molecule has 2 nitrogen and oxygen atoms in total. The van der Waals surface area contributed by atoms with Gasteiger partial charge >= 0.3 is 0 Å². The molecule has 1 saturated heterocycles. The van der Waals surface area contributed by atoms with Gasteiger partial charge in [-0.2, -0.15) is 0 Å². The number of aryl methyl sites for hydroxylation is 1. The molecule has 0 spiro atoms. The first-order valence-electron chi connectivity index (χ1n) is 7.80. The average Bonchev–Trinajstić information content (AvgIpc) is 2.52. The molecule has 0 aromatic heterocycles. The minimum Gasteiger partial charge on any atom is -0.314 e. The third-order valence-corrected chi connectivity index (χ3v) is 4.59. The van der Waals surface area contributed by atoms with Crippen molar-refractivity contribution in [3.63, 3.8) is 0 Å². The Morgan fingerprint density at radius 1 is 1.05 bits per heavy atom. The second-order valence-corrected chi connectivity index (χ2v) is 5.97. The molecule has 1 aliphatic heterocycles. The molecule has 0 amide bonds. The van der Waals surface area contributed by atoms with E-state index in [1.54, 1.807) is 0 Å². The van der Waals surface area contributed by atoms with Crippen LogP contribution in [-0.4, -0.2) is 24.5 Å². The molecule has 2 aromatic carbocycles. The molecule has 1 atom stereocenters. The Labute approximate surface area is 127 Å². The highest BCUT2D eigenvalue weighted by molar-refractivity contribution is 5.36. The van der Waals surface area contributed by atoms with Gasteiger partial charge in [0.2, 0.25) is 0 Å². The fraction of sp³-hybridized carbons (Fsp3) is 0.368. The summed E-state index contributed by atoms with van der Waals surface area (Å²) in [5.41, 5.74) is 5.69. The van der Waals surface area contributed by atoms with Crippen LogP contribution in [0.1, 0.15) is 28.3 Å². The minimum atomic E-state index is 0.471. The molecule has 0 radical (unpaired) electrons. The van der Waals surface area contributed by atoms with Crippen molar-refractivity contribution in [2.24, 2.45) is 0 Å². The topological polar surface area (TPSA) is 15.3 Å². The molecule has 1 aliphatic rings. The number of hydrogen-bond acceptors (Lipinski definition) is 2. The summed E-state index contributed by atoms with van der Waals surface area (Å²) in [7, 11) is 0. The first-order chi connectivity index (χ1) is 10.3. The fourth-order valence-corrected chi connectivity index (χ4v) is 3.19. The van der Waals surface area contributed by atoms with E-state index in [0.29, 0.717) is 6.04 Å². The highest BCUT2D eigenvalue weighted by Gasteiger charge is 2.25. The molecule has 2 heteroatoms. The summed E-state index contributed by atoms with van der Waals surface area (Å²) < 4.78 is 0. The first-order valence-corrected chi connectivity index (χ1v) is 7.80. The lowest BCUT2D eigenvalue weighted by atomic mass is 9.95. The maximum atomic E-state index is 3.55. The fourth-order valence-electron chi connectivity index (χ4n) is 3.19. The quantitative estimate of drug-likeness (QED) is 0.926. The van der Waals surface area contributed by atoms with Gasteiger partial charge in [0.05, 0.1) is 0 Å². The standard InChI is InChI=1S/C19H24N2/c1-15-7-6-10-18(16(15)2)19-13-20-11-12-21(19)14-17-8-4-3-5-9-17/h3-10,19-20H,11-14H2,1-2H3. The van der Waals surface area contributed by atoms with E-state index >= 15 is 0 Å². The van der Waals surface area contributed by atoms with Crippen LogP contribution in [0.5, 0.6) is 0 Å². The Bertz CT molecular complexity index is 592. The van der Waals surface area contributed by atoms with E-state index in [1.165, 1.54) is 22.3 Å². The van der Waals surface area contributed by atoms with Crippen molar-refractivity contribution >= 4 is 0 Å². The molecule has 0 bridgehead atoms. The summed E-state index contributed by atoms with van der Waals surface area (Å²) in [5.74, 6) is 0. The van der Waals surface area contributed by atoms with Crippen molar-refractivity contribution in [1.82, 2.24) is 10.2 Å². The molecular formula is C19H24N2. The van der Waals surface area contributed by atoms with E-state index < -0.39 is 0 Å². The molecular weight excluding hydrogens is 256 g/mol. The third-order valence-electron chi connectivity index (χ3n) is 4.59. The second-order valence-electron chi connectivity index (χ2n) is 5.97. The van der Waals surface area contributed by atoms with Gasteiger partial charge in [-0.05, 0) is 36.1 Å². The summed E-state index contributed by atoms with van der Waals surface area (Å²) in [6, 6.07) is 17.9. The van der Waals surface area contributed by atoms with Gasteiger partial charge in [0.15, 0.2) is 0 Å². The predicted octanol–water partition coefficient (Wildman–Crippen LogP) is 3.45. The number of piperazine rings is 1. The van der Waals surface area contributed by atoms with Gasteiger partial charge in [0, 0.05) is 32.2 Å². The summed E-state index contributed by atoms with van der Waals surface area (Å²) in [5, 5.41) is 3.55. The Balaban J connectivity index is 1.86. The lowest BCUT2D eigenvalue weighted by Crippen LogP contribution is -2.45. The van der Waals surface area contributed by atoms with Gasteiger partial charge in [-0.15, -0.1) is 0 Å². The molecule has 2 aromatic rings. The van der Waals surface area contributed by atoms with Crippen molar-refractivity contribution in [2.75, 3.05) is 19.6 Å². The van der Waals surface area contributed by atoms with Crippen molar-refractivity contribution in [1.29, 1.82) is 0 Å². The molecule has 1 heterocycles. The molecule has 3 rings (SSSR count). The number of rotatable bonds is 3. The number of benzene rings is 2. The smallest absolute Gasteiger partial charge is 0.0479 e. The van der Waals surface area contributed by atoms with Crippen molar-refractivity contribution in [3.8, 4) is 0 Å². The van der Waals surface area contributed by atoms with Gasteiger partial charge < -0.3 is 5.32 Å². The van der Waals surface area contributed by atoms with Crippen LogP contribution in [0.2, 0.25) is 0 Å². The van der Waals surface area contributed by atoms with Crippen LogP contribution < -0.4 is 5.32 Å². The normalized spacial score (nSPS) is 19.6. The van der Waals surface area contributed by atoms with Gasteiger partial charge in [0.25, 0.3) is 0 Å². The Kier molecular flexibility index (Phi) is 4.37. The Morgan fingerprint density at radius 3 is 2.67 bits per heavy atom. The van der Waals surface area contributed by atoms with Crippen molar-refractivity contribution in [2.45, 2.75) is 26.4 Å². The number of nitrogens with zero attached hydrogens (tertiary/aromatic N) is 1. The Morgan fingerprint density at radius 2 is 1.86 bits per heavy atom. The van der Waals surface area contributed by atoms with Crippen LogP contribution in [0.15, 0.2) is 48.5 Å². The molecule has 21 heavy (non-hydrogen) atoms. The summed E-state index contributed by atoms with van der Waals surface area (Å²) in [6.07, 6.45) is 0. The zero-order chi connectivity index (χ0) is 14.7. The lowest BCUT2D eigenvalue weighted by molar-refractivity contribution is 0.153. The molecule has 0 saturated carbocycles. The molecule has 110 valence electrons. The van der Waals surface area contributed by atoms with E-state index in [9.17, 15) is 0 Å². The van der Waals surface area contributed by atoms with Gasteiger partial charge in [0.1, 0.15) is 0 Å². The van der Waals surface area contributed by atoms with E-state index in [1.807, 2.05) is 0 Å². The van der Waals surface area contributed by atoms with E-state index in [4.69, 9.17) is 0 Å². The summed E-state index contributed by atoms with van der Waals surface area (Å²) in [6.45, 7) is 8.70. The first kappa shape index (κ1) is 14.3. The number of nitrogens with one attached hydrogen (secondary N) is 1. The Hall–Kier alpha value is -1.64. The average molecular weight is 280 g/mol. The van der Waals surface area contributed by atoms with Gasteiger partial charge in [-0.1, -0.05) is 48.5 Å². The van der Waals surface area contributed by atoms with Crippen LogP contribution in [0.4, 0.5) is 0 Å². The molecule has 1 unspecified atom stereocenters. The minimum absolute atomic E-state index is 0.471. The largest absolute Gasteiger partial charge is 0.314 e. The molecule has 1 fully saturated rings. The van der Waals surface area contributed by atoms with Gasteiger partial charge in [-0.3, -0.25) is 4.90 Å². The van der Waals surface area contributed by atoms with Crippen LogP contribution in [0.3, 0.4) is 0 Å². The van der Waals surface area contributed by atoms with Crippen LogP contribution in [-0.2, 0) is 6.54 Å². The third kappa shape index (κ3) is 3.17. The summed E-state index contributed by atoms with van der Waals surface area (Å²) >= 11 is 0. The SMILES string of the molecule is Cc1cccc(C2CNCCN2Cc2ccccc2)c1C. The second kappa shape index (κ2) is 6.42.